The normalized spacial score (nSPS) is 11.5. The summed E-state index contributed by atoms with van der Waals surface area (Å²) in [6, 6.07) is 13.9. The number of anilines is 1. The molecule has 0 saturated carbocycles. The fourth-order valence-electron chi connectivity index (χ4n) is 2.85. The number of aryl methyl sites for hydroxylation is 2. The van der Waals surface area contributed by atoms with Crippen LogP contribution in [0, 0.1) is 13.8 Å². The van der Waals surface area contributed by atoms with Crippen LogP contribution in [-0.2, 0) is 9.53 Å². The molecule has 6 heteroatoms. The van der Waals surface area contributed by atoms with Crippen molar-refractivity contribution in [3.8, 4) is 0 Å². The van der Waals surface area contributed by atoms with Gasteiger partial charge in [0, 0.05) is 11.8 Å². The van der Waals surface area contributed by atoms with E-state index in [0.29, 0.717) is 18.8 Å². The number of benzene rings is 2. The number of nitrogens with zero attached hydrogens (tertiary/aromatic N) is 3. The van der Waals surface area contributed by atoms with Crippen LogP contribution in [0.25, 0.3) is 10.9 Å². The smallest absolute Gasteiger partial charge is 0.306 e. The van der Waals surface area contributed by atoms with E-state index >= 15 is 0 Å². The summed E-state index contributed by atoms with van der Waals surface area (Å²) in [5.74, 6) is 0.398. The van der Waals surface area contributed by atoms with Gasteiger partial charge < -0.3 is 4.74 Å². The molecule has 1 aromatic heterocycles. The molecule has 28 heavy (non-hydrogen) atoms. The first kappa shape index (κ1) is 19.5. The second-order valence-electron chi connectivity index (χ2n) is 6.51. The molecular formula is C22H24N4O2. The lowest BCUT2D eigenvalue weighted by molar-refractivity contribution is -0.142. The molecule has 0 atom stereocenters. The van der Waals surface area contributed by atoms with Crippen LogP contribution in [0.4, 0.5) is 5.82 Å². The van der Waals surface area contributed by atoms with E-state index in [1.54, 1.807) is 6.92 Å². The maximum atomic E-state index is 11.8. The second kappa shape index (κ2) is 9.08. The lowest BCUT2D eigenvalue weighted by Gasteiger charge is -2.11. The summed E-state index contributed by atoms with van der Waals surface area (Å²) in [6.07, 6.45) is 2.25. The van der Waals surface area contributed by atoms with Gasteiger partial charge in [0.2, 0.25) is 0 Å². The predicted octanol–water partition coefficient (Wildman–Crippen LogP) is 4.41. The molecule has 0 fully saturated rings. The summed E-state index contributed by atoms with van der Waals surface area (Å²) in [7, 11) is 0. The highest BCUT2D eigenvalue weighted by Crippen LogP contribution is 2.19. The monoisotopic (exact) mass is 376 g/mol. The number of carbonyl (C=O) groups is 1. The van der Waals surface area contributed by atoms with Crippen LogP contribution in [0.5, 0.6) is 0 Å². The summed E-state index contributed by atoms with van der Waals surface area (Å²) in [4.78, 5) is 20.4. The van der Waals surface area contributed by atoms with E-state index in [0.717, 1.165) is 22.2 Å². The highest BCUT2D eigenvalue weighted by atomic mass is 16.5. The summed E-state index contributed by atoms with van der Waals surface area (Å²) in [5, 5.41) is 5.47. The summed E-state index contributed by atoms with van der Waals surface area (Å²) in [5.41, 5.74) is 8.04. The van der Waals surface area contributed by atoms with E-state index in [9.17, 15) is 4.79 Å². The van der Waals surface area contributed by atoms with Crippen molar-refractivity contribution in [1.82, 2.24) is 9.97 Å². The van der Waals surface area contributed by atoms with Crippen LogP contribution in [0.1, 0.15) is 36.5 Å². The zero-order valence-corrected chi connectivity index (χ0v) is 16.4. The first-order valence-electron chi connectivity index (χ1n) is 9.34. The van der Waals surface area contributed by atoms with E-state index in [2.05, 4.69) is 46.5 Å². The number of aromatic nitrogens is 2. The molecule has 144 valence electrons. The average molecular weight is 376 g/mol. The van der Waals surface area contributed by atoms with Gasteiger partial charge >= 0.3 is 5.97 Å². The molecule has 0 aliphatic heterocycles. The van der Waals surface area contributed by atoms with Crippen LogP contribution < -0.4 is 5.43 Å². The minimum atomic E-state index is -0.230. The Balaban J connectivity index is 1.90. The van der Waals surface area contributed by atoms with Gasteiger partial charge in [-0.2, -0.15) is 5.10 Å². The largest absolute Gasteiger partial charge is 0.466 e. The van der Waals surface area contributed by atoms with Crippen LogP contribution in [0.2, 0.25) is 0 Å². The molecule has 0 saturated heterocycles. The lowest BCUT2D eigenvalue weighted by atomic mass is 10.0. The van der Waals surface area contributed by atoms with Crippen molar-refractivity contribution in [3.63, 3.8) is 0 Å². The third-order valence-corrected chi connectivity index (χ3v) is 4.55. The Morgan fingerprint density at radius 1 is 1.07 bits per heavy atom. The van der Waals surface area contributed by atoms with Crippen molar-refractivity contribution in [2.45, 2.75) is 33.6 Å². The zero-order valence-electron chi connectivity index (χ0n) is 16.4. The second-order valence-corrected chi connectivity index (χ2v) is 6.51. The molecule has 2 aromatic carbocycles. The quantitative estimate of drug-likeness (QED) is 0.376. The van der Waals surface area contributed by atoms with Crippen molar-refractivity contribution in [3.05, 3.63) is 65.5 Å². The summed E-state index contributed by atoms with van der Waals surface area (Å²) in [6.45, 7) is 6.31. The van der Waals surface area contributed by atoms with Crippen LogP contribution in [-0.4, -0.2) is 28.3 Å². The molecule has 3 aromatic rings. The maximum absolute atomic E-state index is 11.8. The van der Waals surface area contributed by atoms with Crippen LogP contribution >= 0.6 is 0 Å². The first-order valence-corrected chi connectivity index (χ1v) is 9.34. The standard InChI is InChI=1S/C22H24N4O2/c1-4-28-21(27)12-11-19(17-10-9-15(2)16(3)13-17)25-26-22-18-7-5-6-8-20(18)23-14-24-22/h5-10,13-14H,4,11-12H2,1-3H3,(H,23,24,26)/b25-19-. The number of hydrazone groups is 1. The van der Waals surface area contributed by atoms with Gasteiger partial charge in [-0.3, -0.25) is 10.2 Å². The first-order chi connectivity index (χ1) is 13.6. The topological polar surface area (TPSA) is 76.5 Å². The molecular weight excluding hydrogens is 352 g/mol. The Hall–Kier alpha value is -3.28. The molecule has 0 aliphatic carbocycles. The molecule has 0 bridgehead atoms. The number of para-hydroxylation sites is 1. The number of ether oxygens (including phenoxy) is 1. The number of hydrogen-bond donors (Lipinski definition) is 1. The van der Waals surface area contributed by atoms with E-state index < -0.39 is 0 Å². The molecule has 1 heterocycles. The van der Waals surface area contributed by atoms with Crippen LogP contribution in [0.15, 0.2) is 53.9 Å². The molecule has 1 N–H and O–H groups in total. The van der Waals surface area contributed by atoms with Gasteiger partial charge in [-0.15, -0.1) is 0 Å². The van der Waals surface area contributed by atoms with Gasteiger partial charge in [0.15, 0.2) is 5.82 Å². The Morgan fingerprint density at radius 3 is 2.68 bits per heavy atom. The van der Waals surface area contributed by atoms with Crippen molar-refractivity contribution >= 4 is 28.4 Å². The van der Waals surface area contributed by atoms with Gasteiger partial charge in [0.25, 0.3) is 0 Å². The third kappa shape index (κ3) is 4.71. The number of carbonyl (C=O) groups excluding carboxylic acids is 1. The fraction of sp³-hybridized carbons (Fsp3) is 0.273. The minimum Gasteiger partial charge on any atom is -0.466 e. The van der Waals surface area contributed by atoms with E-state index in [1.807, 2.05) is 30.3 Å². The van der Waals surface area contributed by atoms with E-state index in [4.69, 9.17) is 4.74 Å². The van der Waals surface area contributed by atoms with Crippen molar-refractivity contribution < 1.29 is 9.53 Å². The molecule has 0 radical (unpaired) electrons. The van der Waals surface area contributed by atoms with E-state index in [-0.39, 0.29) is 12.4 Å². The third-order valence-electron chi connectivity index (χ3n) is 4.55. The SMILES string of the molecule is CCOC(=O)CC/C(=N/Nc1ncnc2ccccc12)c1ccc(C)c(C)c1. The van der Waals surface area contributed by atoms with Gasteiger partial charge in [0.05, 0.1) is 24.3 Å². The predicted molar refractivity (Wildman–Crippen MR) is 111 cm³/mol. The molecule has 0 aliphatic rings. The maximum Gasteiger partial charge on any atom is 0.306 e. The van der Waals surface area contributed by atoms with Crippen molar-refractivity contribution in [2.24, 2.45) is 5.10 Å². The Bertz CT molecular complexity index is 1010. The summed E-state index contributed by atoms with van der Waals surface area (Å²) < 4.78 is 5.06. The molecule has 0 spiro atoms. The van der Waals surface area contributed by atoms with E-state index in [1.165, 1.54) is 17.5 Å². The zero-order chi connectivity index (χ0) is 19.9. The van der Waals surface area contributed by atoms with Crippen molar-refractivity contribution in [2.75, 3.05) is 12.0 Å². The van der Waals surface area contributed by atoms with Gasteiger partial charge in [0.1, 0.15) is 6.33 Å². The van der Waals surface area contributed by atoms with Crippen molar-refractivity contribution in [1.29, 1.82) is 0 Å². The number of nitrogens with one attached hydrogen (secondary N) is 1. The lowest BCUT2D eigenvalue weighted by Crippen LogP contribution is -2.11. The summed E-state index contributed by atoms with van der Waals surface area (Å²) >= 11 is 0. The van der Waals surface area contributed by atoms with Crippen LogP contribution in [0.3, 0.4) is 0 Å². The Morgan fingerprint density at radius 2 is 1.89 bits per heavy atom. The molecule has 6 nitrogen and oxygen atoms in total. The fourth-order valence-corrected chi connectivity index (χ4v) is 2.85. The molecule has 0 unspecified atom stereocenters. The minimum absolute atomic E-state index is 0.230. The number of rotatable bonds is 7. The number of hydrogen-bond acceptors (Lipinski definition) is 6. The highest BCUT2D eigenvalue weighted by molar-refractivity contribution is 6.02. The van der Waals surface area contributed by atoms with Gasteiger partial charge in [-0.25, -0.2) is 9.97 Å². The highest BCUT2D eigenvalue weighted by Gasteiger charge is 2.11. The van der Waals surface area contributed by atoms with Gasteiger partial charge in [-0.1, -0.05) is 24.3 Å². The van der Waals surface area contributed by atoms with Gasteiger partial charge in [-0.05, 0) is 55.7 Å². The molecule has 3 rings (SSSR count). The number of fused-ring (bicyclic) bond motifs is 1. The average Bonchev–Trinajstić information content (AvgIpc) is 2.70. The Kier molecular flexibility index (Phi) is 6.32. The molecule has 0 amide bonds. The number of esters is 1. The Labute approximate surface area is 164 Å².